The average Bonchev–Trinajstić information content (AvgIpc) is 2.27. The Morgan fingerprint density at radius 2 is 1.80 bits per heavy atom. The summed E-state index contributed by atoms with van der Waals surface area (Å²) in [4.78, 5) is 22.7. The van der Waals surface area contributed by atoms with Crippen LogP contribution < -0.4 is 0 Å². The smallest absolute Gasteiger partial charge is 0.336 e. The van der Waals surface area contributed by atoms with Gasteiger partial charge in [0.15, 0.2) is 5.78 Å². The molecule has 0 bridgehead atoms. The molecule has 0 aliphatic heterocycles. The van der Waals surface area contributed by atoms with Crippen LogP contribution in [-0.2, 0) is 0 Å². The van der Waals surface area contributed by atoms with E-state index >= 15 is 0 Å². The molecule has 1 aromatic rings. The van der Waals surface area contributed by atoms with Gasteiger partial charge in [-0.2, -0.15) is 0 Å². The Balaban J connectivity index is 3.13. The lowest BCUT2D eigenvalue weighted by Gasteiger charge is -2.09. The summed E-state index contributed by atoms with van der Waals surface area (Å²) in [5, 5.41) is 8.92. The quantitative estimate of drug-likeness (QED) is 0.770. The molecule has 0 saturated heterocycles. The molecule has 0 saturated carbocycles. The molecule has 1 N–H and O–H groups in total. The molecule has 1 aromatic carbocycles. The summed E-state index contributed by atoms with van der Waals surface area (Å²) in [6.07, 6.45) is 0.715. The molecule has 0 aliphatic rings. The van der Waals surface area contributed by atoms with Crippen LogP contribution >= 0.6 is 0 Å². The highest BCUT2D eigenvalue weighted by atomic mass is 16.4. The minimum absolute atomic E-state index is 0.0859. The lowest BCUT2D eigenvalue weighted by molar-refractivity contribution is 0.0690. The van der Waals surface area contributed by atoms with E-state index in [1.807, 2.05) is 6.92 Å². The lowest BCUT2D eigenvalue weighted by Crippen LogP contribution is -2.14. The first-order valence-electron chi connectivity index (χ1n) is 4.94. The highest BCUT2D eigenvalue weighted by Crippen LogP contribution is 2.16. The Morgan fingerprint density at radius 1 is 1.27 bits per heavy atom. The van der Waals surface area contributed by atoms with Gasteiger partial charge in [0.2, 0.25) is 0 Å². The first-order valence-corrected chi connectivity index (χ1v) is 4.94. The van der Waals surface area contributed by atoms with E-state index in [4.69, 9.17) is 5.11 Å². The van der Waals surface area contributed by atoms with E-state index in [1.54, 1.807) is 25.1 Å². The fourth-order valence-electron chi connectivity index (χ4n) is 1.34. The number of aromatic carboxylic acids is 1. The first-order chi connectivity index (χ1) is 7.07. The SMILES string of the molecule is CCC(C)C(=O)c1ccccc1C(=O)O. The van der Waals surface area contributed by atoms with Crippen molar-refractivity contribution in [2.24, 2.45) is 5.92 Å². The average molecular weight is 206 g/mol. The summed E-state index contributed by atoms with van der Waals surface area (Å²) >= 11 is 0. The number of carboxylic acids is 1. The van der Waals surface area contributed by atoms with Gasteiger partial charge in [-0.05, 0) is 12.5 Å². The van der Waals surface area contributed by atoms with Gasteiger partial charge in [-0.3, -0.25) is 4.79 Å². The summed E-state index contributed by atoms with van der Waals surface area (Å²) in [6, 6.07) is 6.33. The van der Waals surface area contributed by atoms with Gasteiger partial charge in [0, 0.05) is 11.5 Å². The number of hydrogen-bond acceptors (Lipinski definition) is 2. The number of benzene rings is 1. The Labute approximate surface area is 88.7 Å². The van der Waals surface area contributed by atoms with Crippen molar-refractivity contribution in [1.29, 1.82) is 0 Å². The third-order valence-corrected chi connectivity index (χ3v) is 2.48. The molecule has 0 heterocycles. The van der Waals surface area contributed by atoms with Gasteiger partial charge in [0.1, 0.15) is 0 Å². The number of carbonyl (C=O) groups is 2. The fourth-order valence-corrected chi connectivity index (χ4v) is 1.34. The van der Waals surface area contributed by atoms with Gasteiger partial charge in [0.25, 0.3) is 0 Å². The Bertz CT molecular complexity index is 382. The maximum Gasteiger partial charge on any atom is 0.336 e. The first kappa shape index (κ1) is 11.4. The number of carbonyl (C=O) groups excluding carboxylic acids is 1. The van der Waals surface area contributed by atoms with Crippen molar-refractivity contribution in [3.63, 3.8) is 0 Å². The van der Waals surface area contributed by atoms with E-state index in [1.165, 1.54) is 6.07 Å². The van der Waals surface area contributed by atoms with Crippen LogP contribution in [0.4, 0.5) is 0 Å². The fraction of sp³-hybridized carbons (Fsp3) is 0.333. The number of rotatable bonds is 4. The molecule has 15 heavy (non-hydrogen) atoms. The number of ketones is 1. The van der Waals surface area contributed by atoms with Crippen molar-refractivity contribution >= 4 is 11.8 Å². The summed E-state index contributed by atoms with van der Waals surface area (Å²) in [6.45, 7) is 3.72. The van der Waals surface area contributed by atoms with E-state index in [0.29, 0.717) is 12.0 Å². The Hall–Kier alpha value is -1.64. The van der Waals surface area contributed by atoms with Gasteiger partial charge in [-0.25, -0.2) is 4.79 Å². The zero-order valence-electron chi connectivity index (χ0n) is 8.86. The van der Waals surface area contributed by atoms with Gasteiger partial charge in [0.05, 0.1) is 5.56 Å². The second-order valence-electron chi connectivity index (χ2n) is 3.52. The van der Waals surface area contributed by atoms with Gasteiger partial charge >= 0.3 is 5.97 Å². The zero-order chi connectivity index (χ0) is 11.4. The van der Waals surface area contributed by atoms with Crippen molar-refractivity contribution in [1.82, 2.24) is 0 Å². The molecule has 0 radical (unpaired) electrons. The maximum atomic E-state index is 11.8. The van der Waals surface area contributed by atoms with Crippen LogP contribution in [0.1, 0.15) is 41.0 Å². The molecule has 0 aromatic heterocycles. The van der Waals surface area contributed by atoms with Crippen molar-refractivity contribution in [3.05, 3.63) is 35.4 Å². The predicted molar refractivity (Wildman–Crippen MR) is 57.2 cm³/mol. The summed E-state index contributed by atoms with van der Waals surface area (Å²) in [5.74, 6) is -1.29. The molecule has 0 fully saturated rings. The summed E-state index contributed by atoms with van der Waals surface area (Å²) in [7, 11) is 0. The van der Waals surface area contributed by atoms with E-state index in [9.17, 15) is 9.59 Å². The van der Waals surface area contributed by atoms with Crippen LogP contribution in [0.5, 0.6) is 0 Å². The van der Waals surface area contributed by atoms with Crippen LogP contribution in [0.3, 0.4) is 0 Å². The van der Waals surface area contributed by atoms with Crippen LogP contribution in [0.15, 0.2) is 24.3 Å². The van der Waals surface area contributed by atoms with Crippen LogP contribution in [0.2, 0.25) is 0 Å². The zero-order valence-corrected chi connectivity index (χ0v) is 8.86. The molecule has 0 aliphatic carbocycles. The molecule has 0 amide bonds. The number of hydrogen-bond donors (Lipinski definition) is 1. The predicted octanol–water partition coefficient (Wildman–Crippen LogP) is 2.61. The van der Waals surface area contributed by atoms with Gasteiger partial charge in [-0.15, -0.1) is 0 Å². The molecular formula is C12H14O3. The number of carboxylic acid groups (broad SMARTS) is 1. The molecule has 3 nitrogen and oxygen atoms in total. The minimum atomic E-state index is -1.05. The van der Waals surface area contributed by atoms with Crippen LogP contribution in [-0.4, -0.2) is 16.9 Å². The van der Waals surface area contributed by atoms with Gasteiger partial charge in [-0.1, -0.05) is 32.0 Å². The molecule has 80 valence electrons. The molecule has 0 spiro atoms. The summed E-state index contributed by atoms with van der Waals surface area (Å²) in [5.41, 5.74) is 0.391. The number of Topliss-reactive ketones (excluding diaryl/α,β-unsaturated/α-hetero) is 1. The molecule has 3 heteroatoms. The summed E-state index contributed by atoms with van der Waals surface area (Å²) < 4.78 is 0. The monoisotopic (exact) mass is 206 g/mol. The topological polar surface area (TPSA) is 54.4 Å². The lowest BCUT2D eigenvalue weighted by atomic mass is 9.94. The Morgan fingerprint density at radius 3 is 2.27 bits per heavy atom. The van der Waals surface area contributed by atoms with Crippen LogP contribution in [0, 0.1) is 5.92 Å². The third-order valence-electron chi connectivity index (χ3n) is 2.48. The van der Waals surface area contributed by atoms with E-state index in [2.05, 4.69) is 0 Å². The highest BCUT2D eigenvalue weighted by Gasteiger charge is 2.19. The highest BCUT2D eigenvalue weighted by molar-refractivity contribution is 6.06. The normalized spacial score (nSPS) is 12.1. The van der Waals surface area contributed by atoms with E-state index in [-0.39, 0.29) is 17.3 Å². The van der Waals surface area contributed by atoms with E-state index < -0.39 is 5.97 Å². The maximum absolute atomic E-state index is 11.8. The minimum Gasteiger partial charge on any atom is -0.478 e. The molecule has 1 atom stereocenters. The second kappa shape index (κ2) is 4.73. The van der Waals surface area contributed by atoms with Gasteiger partial charge < -0.3 is 5.11 Å². The van der Waals surface area contributed by atoms with Crippen molar-refractivity contribution < 1.29 is 14.7 Å². The van der Waals surface area contributed by atoms with Crippen LogP contribution in [0.25, 0.3) is 0 Å². The van der Waals surface area contributed by atoms with E-state index in [0.717, 1.165) is 0 Å². The third kappa shape index (κ3) is 2.43. The molecule has 1 rings (SSSR count). The standard InChI is InChI=1S/C12H14O3/c1-3-8(2)11(13)9-6-4-5-7-10(9)12(14)15/h4-8H,3H2,1-2H3,(H,14,15). The van der Waals surface area contributed by atoms with Crippen molar-refractivity contribution in [3.8, 4) is 0 Å². The molecule has 1 unspecified atom stereocenters. The van der Waals surface area contributed by atoms with Crippen molar-refractivity contribution in [2.75, 3.05) is 0 Å². The largest absolute Gasteiger partial charge is 0.478 e. The molecular weight excluding hydrogens is 192 g/mol. The van der Waals surface area contributed by atoms with Crippen molar-refractivity contribution in [2.45, 2.75) is 20.3 Å². The second-order valence-corrected chi connectivity index (χ2v) is 3.52. The Kier molecular flexibility index (Phi) is 3.61.